The number of esters is 1. The predicted molar refractivity (Wildman–Crippen MR) is 76.5 cm³/mol. The minimum absolute atomic E-state index is 0.0599. The standard InChI is InChI=1S/C15H14N4O3/c1-10-13(8-16-19(10)12-6-4-3-5-7-12)15(20)21-9-14-17-11(2)18-22-14/h3-8H,9H2,1-2H3. The zero-order chi connectivity index (χ0) is 15.5. The third-order valence-electron chi connectivity index (χ3n) is 3.13. The van der Waals surface area contributed by atoms with Crippen LogP contribution in [0.5, 0.6) is 0 Å². The number of carbonyl (C=O) groups excluding carboxylic acids is 1. The van der Waals surface area contributed by atoms with Gasteiger partial charge in [0, 0.05) is 0 Å². The third-order valence-corrected chi connectivity index (χ3v) is 3.13. The summed E-state index contributed by atoms with van der Waals surface area (Å²) in [6.07, 6.45) is 1.49. The van der Waals surface area contributed by atoms with Crippen molar-refractivity contribution >= 4 is 5.97 Å². The second-order valence-electron chi connectivity index (χ2n) is 4.70. The van der Waals surface area contributed by atoms with Crippen LogP contribution in [-0.2, 0) is 11.3 Å². The van der Waals surface area contributed by atoms with E-state index < -0.39 is 5.97 Å². The highest BCUT2D eigenvalue weighted by Crippen LogP contribution is 2.15. The van der Waals surface area contributed by atoms with Crippen molar-refractivity contribution in [2.75, 3.05) is 0 Å². The number of benzene rings is 1. The maximum atomic E-state index is 12.1. The number of hydrogen-bond acceptors (Lipinski definition) is 6. The van der Waals surface area contributed by atoms with Gasteiger partial charge in [-0.3, -0.25) is 0 Å². The van der Waals surface area contributed by atoms with Gasteiger partial charge in [-0.15, -0.1) is 0 Å². The second kappa shape index (κ2) is 5.80. The zero-order valence-electron chi connectivity index (χ0n) is 12.2. The number of rotatable bonds is 4. The van der Waals surface area contributed by atoms with Crippen molar-refractivity contribution < 1.29 is 14.1 Å². The first-order valence-electron chi connectivity index (χ1n) is 6.71. The number of aromatic nitrogens is 4. The Kier molecular flexibility index (Phi) is 3.69. The lowest BCUT2D eigenvalue weighted by Gasteiger charge is -2.05. The number of hydrogen-bond donors (Lipinski definition) is 0. The molecule has 2 heterocycles. The number of carbonyl (C=O) groups is 1. The molecule has 7 heteroatoms. The van der Waals surface area contributed by atoms with Crippen LogP contribution in [0.25, 0.3) is 5.69 Å². The van der Waals surface area contributed by atoms with Gasteiger partial charge in [0.05, 0.1) is 17.6 Å². The fourth-order valence-corrected chi connectivity index (χ4v) is 2.04. The molecule has 1 aromatic carbocycles. The predicted octanol–water partition coefficient (Wildman–Crippen LogP) is 2.23. The molecule has 112 valence electrons. The highest BCUT2D eigenvalue weighted by atomic mass is 16.6. The Bertz CT molecular complexity index is 792. The van der Waals surface area contributed by atoms with Crippen LogP contribution in [0, 0.1) is 13.8 Å². The summed E-state index contributed by atoms with van der Waals surface area (Å²) in [7, 11) is 0. The molecular formula is C15H14N4O3. The number of nitrogens with zero attached hydrogens (tertiary/aromatic N) is 4. The van der Waals surface area contributed by atoms with Crippen molar-refractivity contribution in [2.45, 2.75) is 20.5 Å². The molecule has 2 aromatic heterocycles. The minimum atomic E-state index is -0.476. The Labute approximate surface area is 126 Å². The lowest BCUT2D eigenvalue weighted by Crippen LogP contribution is -2.07. The maximum Gasteiger partial charge on any atom is 0.342 e. The van der Waals surface area contributed by atoms with Crippen LogP contribution < -0.4 is 0 Å². The molecule has 0 bridgehead atoms. The van der Waals surface area contributed by atoms with E-state index in [-0.39, 0.29) is 12.5 Å². The SMILES string of the molecule is Cc1noc(COC(=O)c2cnn(-c3ccccc3)c2C)n1. The fraction of sp³-hybridized carbons (Fsp3) is 0.200. The summed E-state index contributed by atoms with van der Waals surface area (Å²) in [5.41, 5.74) is 1.99. The van der Waals surface area contributed by atoms with Crippen LogP contribution in [0.1, 0.15) is 27.8 Å². The molecular weight excluding hydrogens is 284 g/mol. The Balaban J connectivity index is 1.75. The van der Waals surface area contributed by atoms with E-state index >= 15 is 0 Å². The lowest BCUT2D eigenvalue weighted by molar-refractivity contribution is 0.0429. The van der Waals surface area contributed by atoms with Gasteiger partial charge >= 0.3 is 5.97 Å². The van der Waals surface area contributed by atoms with Gasteiger partial charge in [-0.1, -0.05) is 23.4 Å². The number of aryl methyl sites for hydroxylation is 1. The molecule has 22 heavy (non-hydrogen) atoms. The molecule has 0 N–H and O–H groups in total. The number of para-hydroxylation sites is 1. The van der Waals surface area contributed by atoms with Crippen molar-refractivity contribution in [3.8, 4) is 5.69 Å². The van der Waals surface area contributed by atoms with Crippen molar-refractivity contribution in [2.24, 2.45) is 0 Å². The smallest absolute Gasteiger partial charge is 0.342 e. The third kappa shape index (κ3) is 2.73. The molecule has 0 fully saturated rings. The van der Waals surface area contributed by atoms with Crippen molar-refractivity contribution in [3.05, 3.63) is 59.5 Å². The van der Waals surface area contributed by atoms with Crippen molar-refractivity contribution in [3.63, 3.8) is 0 Å². The van der Waals surface area contributed by atoms with Crippen LogP contribution in [0.2, 0.25) is 0 Å². The van der Waals surface area contributed by atoms with E-state index in [4.69, 9.17) is 9.26 Å². The molecule has 7 nitrogen and oxygen atoms in total. The van der Waals surface area contributed by atoms with Crippen molar-refractivity contribution in [1.29, 1.82) is 0 Å². The molecule has 0 atom stereocenters. The van der Waals surface area contributed by atoms with Gasteiger partial charge in [0.25, 0.3) is 5.89 Å². The molecule has 0 aliphatic carbocycles. The minimum Gasteiger partial charge on any atom is -0.452 e. The molecule has 0 unspecified atom stereocenters. The molecule has 0 saturated heterocycles. The second-order valence-corrected chi connectivity index (χ2v) is 4.70. The van der Waals surface area contributed by atoms with Crippen molar-refractivity contribution in [1.82, 2.24) is 19.9 Å². The summed E-state index contributed by atoms with van der Waals surface area (Å²) in [4.78, 5) is 16.1. The Morgan fingerprint density at radius 3 is 2.73 bits per heavy atom. The normalized spacial score (nSPS) is 10.6. The van der Waals surface area contributed by atoms with E-state index in [0.29, 0.717) is 17.1 Å². The van der Waals surface area contributed by atoms with Gasteiger partial charge in [0.15, 0.2) is 12.4 Å². The molecule has 3 rings (SSSR count). The van der Waals surface area contributed by atoms with Gasteiger partial charge in [-0.25, -0.2) is 9.48 Å². The first kappa shape index (κ1) is 14.0. The first-order valence-corrected chi connectivity index (χ1v) is 6.71. The van der Waals surface area contributed by atoms with Crippen LogP contribution in [0.15, 0.2) is 41.1 Å². The molecule has 0 aliphatic heterocycles. The average Bonchev–Trinajstić information content (AvgIpc) is 3.12. The average molecular weight is 298 g/mol. The molecule has 0 saturated carbocycles. The van der Waals surface area contributed by atoms with Crippen LogP contribution in [-0.4, -0.2) is 25.9 Å². The Morgan fingerprint density at radius 2 is 2.05 bits per heavy atom. The van der Waals surface area contributed by atoms with Gasteiger partial charge < -0.3 is 9.26 Å². The summed E-state index contributed by atoms with van der Waals surface area (Å²) in [6, 6.07) is 9.56. The van der Waals surface area contributed by atoms with Crippen LogP contribution in [0.3, 0.4) is 0 Å². The molecule has 0 aliphatic rings. The molecule has 0 amide bonds. The monoisotopic (exact) mass is 298 g/mol. The highest BCUT2D eigenvalue weighted by Gasteiger charge is 2.17. The zero-order valence-corrected chi connectivity index (χ0v) is 12.2. The van der Waals surface area contributed by atoms with Gasteiger partial charge in [0.2, 0.25) is 0 Å². The summed E-state index contributed by atoms with van der Waals surface area (Å²) < 4.78 is 11.8. The largest absolute Gasteiger partial charge is 0.452 e. The van der Waals surface area contributed by atoms with E-state index in [0.717, 1.165) is 5.69 Å². The molecule has 0 radical (unpaired) electrons. The fourth-order valence-electron chi connectivity index (χ4n) is 2.04. The summed E-state index contributed by atoms with van der Waals surface area (Å²) in [6.45, 7) is 3.45. The Hall–Kier alpha value is -2.96. The maximum absolute atomic E-state index is 12.1. The highest BCUT2D eigenvalue weighted by molar-refractivity contribution is 5.90. The van der Waals surface area contributed by atoms with E-state index in [9.17, 15) is 4.79 Å². The molecule has 3 aromatic rings. The van der Waals surface area contributed by atoms with Crippen LogP contribution >= 0.6 is 0 Å². The lowest BCUT2D eigenvalue weighted by atomic mass is 10.2. The van der Waals surface area contributed by atoms with E-state index in [2.05, 4.69) is 15.2 Å². The summed E-state index contributed by atoms with van der Waals surface area (Å²) in [5.74, 6) is 0.286. The Morgan fingerprint density at radius 1 is 1.27 bits per heavy atom. The first-order chi connectivity index (χ1) is 10.6. The van der Waals surface area contributed by atoms with Crippen LogP contribution in [0.4, 0.5) is 0 Å². The van der Waals surface area contributed by atoms with Gasteiger partial charge in [-0.05, 0) is 26.0 Å². The number of ether oxygens (including phenoxy) is 1. The molecule has 0 spiro atoms. The summed E-state index contributed by atoms with van der Waals surface area (Å²) >= 11 is 0. The van der Waals surface area contributed by atoms with E-state index in [1.54, 1.807) is 11.6 Å². The topological polar surface area (TPSA) is 83.0 Å². The van der Waals surface area contributed by atoms with Gasteiger partial charge in [0.1, 0.15) is 5.56 Å². The van der Waals surface area contributed by atoms with E-state index in [1.807, 2.05) is 37.3 Å². The summed E-state index contributed by atoms with van der Waals surface area (Å²) in [5, 5.41) is 7.87. The van der Waals surface area contributed by atoms with E-state index in [1.165, 1.54) is 6.20 Å². The van der Waals surface area contributed by atoms with Gasteiger partial charge in [-0.2, -0.15) is 10.1 Å². The quantitative estimate of drug-likeness (QED) is 0.687.